The van der Waals surface area contributed by atoms with Gasteiger partial charge in [0.25, 0.3) is 0 Å². The zero-order chi connectivity index (χ0) is 15.6. The van der Waals surface area contributed by atoms with E-state index >= 15 is 0 Å². The molecule has 0 spiro atoms. The summed E-state index contributed by atoms with van der Waals surface area (Å²) in [4.78, 5) is 19.2. The molecule has 1 aliphatic rings. The molecular formula is C19H19N3O. The first-order valence-electron chi connectivity index (χ1n) is 8.10. The highest BCUT2D eigenvalue weighted by molar-refractivity contribution is 5.81. The number of carbonyl (C=O) groups is 1. The van der Waals surface area contributed by atoms with Crippen LogP contribution in [0.3, 0.4) is 0 Å². The van der Waals surface area contributed by atoms with Crippen molar-refractivity contribution in [2.75, 3.05) is 6.54 Å². The molecule has 0 saturated heterocycles. The molecule has 0 aliphatic heterocycles. The Kier molecular flexibility index (Phi) is 3.58. The number of pyridine rings is 1. The number of amides is 1. The van der Waals surface area contributed by atoms with Gasteiger partial charge in [0.05, 0.1) is 0 Å². The van der Waals surface area contributed by atoms with Crippen LogP contribution in [0.2, 0.25) is 0 Å². The van der Waals surface area contributed by atoms with Crippen LogP contribution < -0.4 is 5.32 Å². The summed E-state index contributed by atoms with van der Waals surface area (Å²) in [6, 6.07) is 12.6. The SMILES string of the molecule is O=C(NCCc1cccc(-c2cnc3[nH]ccc3c2)c1)C1CC1. The summed E-state index contributed by atoms with van der Waals surface area (Å²) in [7, 11) is 0. The summed E-state index contributed by atoms with van der Waals surface area (Å²) in [6.45, 7) is 0.702. The molecule has 2 N–H and O–H groups in total. The normalized spacial score (nSPS) is 14.1. The lowest BCUT2D eigenvalue weighted by atomic mass is 10.0. The van der Waals surface area contributed by atoms with Crippen LogP contribution in [0, 0.1) is 5.92 Å². The van der Waals surface area contributed by atoms with E-state index in [1.165, 1.54) is 5.56 Å². The molecule has 1 amide bonds. The molecule has 4 rings (SSSR count). The minimum absolute atomic E-state index is 0.211. The van der Waals surface area contributed by atoms with Crippen molar-refractivity contribution in [2.24, 2.45) is 5.92 Å². The van der Waals surface area contributed by atoms with E-state index in [0.717, 1.165) is 41.4 Å². The third kappa shape index (κ3) is 3.11. The molecule has 1 aliphatic carbocycles. The molecule has 116 valence electrons. The predicted molar refractivity (Wildman–Crippen MR) is 91.0 cm³/mol. The van der Waals surface area contributed by atoms with E-state index in [1.807, 2.05) is 18.5 Å². The topological polar surface area (TPSA) is 57.8 Å². The van der Waals surface area contributed by atoms with Crippen molar-refractivity contribution >= 4 is 16.9 Å². The highest BCUT2D eigenvalue weighted by Crippen LogP contribution is 2.28. The Labute approximate surface area is 134 Å². The molecule has 1 saturated carbocycles. The molecule has 2 heterocycles. The van der Waals surface area contributed by atoms with Crippen LogP contribution in [0.1, 0.15) is 18.4 Å². The molecule has 23 heavy (non-hydrogen) atoms. The first-order valence-corrected chi connectivity index (χ1v) is 8.10. The molecule has 0 atom stereocenters. The molecule has 4 heteroatoms. The number of aromatic amines is 1. The van der Waals surface area contributed by atoms with Crippen molar-refractivity contribution in [2.45, 2.75) is 19.3 Å². The monoisotopic (exact) mass is 305 g/mol. The number of fused-ring (bicyclic) bond motifs is 1. The molecule has 4 nitrogen and oxygen atoms in total. The van der Waals surface area contributed by atoms with Gasteiger partial charge in [-0.3, -0.25) is 4.79 Å². The van der Waals surface area contributed by atoms with Gasteiger partial charge in [0, 0.05) is 35.8 Å². The van der Waals surface area contributed by atoms with Gasteiger partial charge in [-0.2, -0.15) is 0 Å². The molecular weight excluding hydrogens is 286 g/mol. The first kappa shape index (κ1) is 14.0. The maximum Gasteiger partial charge on any atom is 0.223 e. The van der Waals surface area contributed by atoms with Crippen molar-refractivity contribution in [1.82, 2.24) is 15.3 Å². The minimum atomic E-state index is 0.211. The van der Waals surface area contributed by atoms with Gasteiger partial charge in [-0.25, -0.2) is 4.98 Å². The molecule has 0 radical (unpaired) electrons. The highest BCUT2D eigenvalue weighted by atomic mass is 16.2. The molecule has 3 aromatic rings. The van der Waals surface area contributed by atoms with E-state index in [4.69, 9.17) is 0 Å². The Balaban J connectivity index is 1.47. The average Bonchev–Trinajstić information content (AvgIpc) is 3.32. The van der Waals surface area contributed by atoms with Crippen molar-refractivity contribution in [3.63, 3.8) is 0 Å². The van der Waals surface area contributed by atoms with Gasteiger partial charge in [-0.05, 0) is 42.5 Å². The Morgan fingerprint density at radius 3 is 3.00 bits per heavy atom. The summed E-state index contributed by atoms with van der Waals surface area (Å²) in [6.07, 6.45) is 6.76. The Hall–Kier alpha value is -2.62. The van der Waals surface area contributed by atoms with Gasteiger partial charge in [-0.15, -0.1) is 0 Å². The fourth-order valence-electron chi connectivity index (χ4n) is 2.82. The van der Waals surface area contributed by atoms with Crippen LogP contribution in [0.15, 0.2) is 48.8 Å². The van der Waals surface area contributed by atoms with Gasteiger partial charge in [-0.1, -0.05) is 24.3 Å². The summed E-state index contributed by atoms with van der Waals surface area (Å²) in [5, 5.41) is 4.13. The van der Waals surface area contributed by atoms with E-state index in [0.29, 0.717) is 6.54 Å². The van der Waals surface area contributed by atoms with E-state index < -0.39 is 0 Å². The number of nitrogens with one attached hydrogen (secondary N) is 2. The lowest BCUT2D eigenvalue weighted by molar-refractivity contribution is -0.122. The molecule has 1 fully saturated rings. The van der Waals surface area contributed by atoms with Crippen LogP contribution in [-0.2, 0) is 11.2 Å². The average molecular weight is 305 g/mol. The zero-order valence-corrected chi connectivity index (χ0v) is 12.9. The fourth-order valence-corrected chi connectivity index (χ4v) is 2.82. The zero-order valence-electron chi connectivity index (χ0n) is 12.9. The lowest BCUT2D eigenvalue weighted by Gasteiger charge is -2.07. The Bertz CT molecular complexity index is 848. The number of hydrogen-bond acceptors (Lipinski definition) is 2. The van der Waals surface area contributed by atoms with E-state index in [-0.39, 0.29) is 11.8 Å². The standard InChI is InChI=1S/C19H19N3O/c23-19(14-4-5-14)21-8-6-13-2-1-3-15(10-13)17-11-16-7-9-20-18(16)22-12-17/h1-3,7,9-12,14H,4-6,8H2,(H,20,22)(H,21,23). The molecule has 0 bridgehead atoms. The van der Waals surface area contributed by atoms with E-state index in [1.54, 1.807) is 0 Å². The number of carbonyl (C=O) groups excluding carboxylic acids is 1. The Morgan fingerprint density at radius 1 is 1.22 bits per heavy atom. The van der Waals surface area contributed by atoms with Crippen molar-refractivity contribution in [1.29, 1.82) is 0 Å². The van der Waals surface area contributed by atoms with Gasteiger partial charge in [0.2, 0.25) is 5.91 Å². The van der Waals surface area contributed by atoms with E-state index in [2.05, 4.69) is 45.6 Å². The third-order valence-electron chi connectivity index (χ3n) is 4.32. The summed E-state index contributed by atoms with van der Waals surface area (Å²) >= 11 is 0. The van der Waals surface area contributed by atoms with Gasteiger partial charge < -0.3 is 10.3 Å². The summed E-state index contributed by atoms with van der Waals surface area (Å²) in [5.74, 6) is 0.490. The van der Waals surface area contributed by atoms with Crippen LogP contribution >= 0.6 is 0 Å². The second-order valence-electron chi connectivity index (χ2n) is 6.16. The van der Waals surface area contributed by atoms with Crippen LogP contribution in [-0.4, -0.2) is 22.4 Å². The predicted octanol–water partition coefficient (Wildman–Crippen LogP) is 3.30. The molecule has 0 unspecified atom stereocenters. The largest absolute Gasteiger partial charge is 0.356 e. The Morgan fingerprint density at radius 2 is 2.13 bits per heavy atom. The maximum absolute atomic E-state index is 11.7. The summed E-state index contributed by atoms with van der Waals surface area (Å²) < 4.78 is 0. The molecule has 2 aromatic heterocycles. The van der Waals surface area contributed by atoms with Crippen molar-refractivity contribution < 1.29 is 4.79 Å². The van der Waals surface area contributed by atoms with E-state index in [9.17, 15) is 4.79 Å². The quantitative estimate of drug-likeness (QED) is 0.760. The molecule has 1 aromatic carbocycles. The highest BCUT2D eigenvalue weighted by Gasteiger charge is 2.28. The second-order valence-corrected chi connectivity index (χ2v) is 6.16. The van der Waals surface area contributed by atoms with Gasteiger partial charge >= 0.3 is 0 Å². The number of hydrogen-bond donors (Lipinski definition) is 2. The minimum Gasteiger partial charge on any atom is -0.356 e. The fraction of sp³-hybridized carbons (Fsp3) is 0.263. The maximum atomic E-state index is 11.7. The van der Waals surface area contributed by atoms with Crippen molar-refractivity contribution in [3.05, 3.63) is 54.4 Å². The third-order valence-corrected chi connectivity index (χ3v) is 4.32. The number of benzene rings is 1. The number of rotatable bonds is 5. The van der Waals surface area contributed by atoms with Gasteiger partial charge in [0.15, 0.2) is 0 Å². The van der Waals surface area contributed by atoms with Gasteiger partial charge in [0.1, 0.15) is 5.65 Å². The number of aromatic nitrogens is 2. The number of H-pyrrole nitrogens is 1. The second kappa shape index (κ2) is 5.88. The smallest absolute Gasteiger partial charge is 0.223 e. The van der Waals surface area contributed by atoms with Crippen LogP contribution in [0.4, 0.5) is 0 Å². The van der Waals surface area contributed by atoms with Crippen LogP contribution in [0.25, 0.3) is 22.2 Å². The lowest BCUT2D eigenvalue weighted by Crippen LogP contribution is -2.26. The van der Waals surface area contributed by atoms with Crippen molar-refractivity contribution in [3.8, 4) is 11.1 Å². The summed E-state index contributed by atoms with van der Waals surface area (Å²) in [5.41, 5.74) is 4.41. The first-order chi connectivity index (χ1) is 11.3. The number of nitrogens with zero attached hydrogens (tertiary/aromatic N) is 1. The van der Waals surface area contributed by atoms with Crippen LogP contribution in [0.5, 0.6) is 0 Å².